The average molecular weight is 927 g/mol. The van der Waals surface area contributed by atoms with Gasteiger partial charge < -0.3 is 60.1 Å². The van der Waals surface area contributed by atoms with Crippen LogP contribution in [0.3, 0.4) is 0 Å². The normalized spacial score (nSPS) is 18.5. The van der Waals surface area contributed by atoms with Gasteiger partial charge >= 0.3 is 27.7 Å². The van der Waals surface area contributed by atoms with Crippen molar-refractivity contribution in [3.8, 4) is 22.5 Å². The Balaban J connectivity index is 1.05. The molecule has 64 heavy (non-hydrogen) atoms. The van der Waals surface area contributed by atoms with E-state index in [2.05, 4.69) is 29.9 Å². The highest BCUT2D eigenvalue weighted by Crippen LogP contribution is 2.58. The molecule has 4 heterocycles. The van der Waals surface area contributed by atoms with Crippen LogP contribution in [0.2, 0.25) is 0 Å². The predicted octanol–water partition coefficient (Wildman–Crippen LogP) is 1.73. The number of nitrogen functional groups attached to an aromatic ring is 1. The lowest BCUT2D eigenvalue weighted by atomic mass is 9.89. The van der Waals surface area contributed by atoms with E-state index in [4.69, 9.17) is 33.9 Å². The van der Waals surface area contributed by atoms with Crippen LogP contribution in [-0.2, 0) is 27.4 Å². The molecule has 7 rings (SSSR count). The number of amides is 2. The van der Waals surface area contributed by atoms with E-state index in [9.17, 15) is 38.6 Å². The third-order valence-corrected chi connectivity index (χ3v) is 12.2. The van der Waals surface area contributed by atoms with Crippen LogP contribution in [0.1, 0.15) is 26.9 Å². The molecule has 0 radical (unpaired) electrons. The second-order valence-electron chi connectivity index (χ2n) is 14.7. The predicted molar refractivity (Wildman–Crippen MR) is 226 cm³/mol. The Kier molecular flexibility index (Phi) is 12.9. The first-order chi connectivity index (χ1) is 30.2. The van der Waals surface area contributed by atoms with Crippen LogP contribution >= 0.6 is 15.6 Å². The fourth-order valence-electron chi connectivity index (χ4n) is 7.01. The quantitative estimate of drug-likeness (QED) is 0.0334. The lowest BCUT2D eigenvalue weighted by molar-refractivity contribution is -0.0508. The summed E-state index contributed by atoms with van der Waals surface area (Å²) in [5, 5.41) is 28.2. The lowest BCUT2D eigenvalue weighted by Crippen LogP contribution is -2.42. The largest absolute Gasteiger partial charge is 0.481 e. The first kappa shape index (κ1) is 45.7. The number of nitrogens with one attached hydrogen (secondary N) is 2. The number of aromatic carboxylic acids is 1. The minimum Gasteiger partial charge on any atom is -0.478 e. The van der Waals surface area contributed by atoms with Gasteiger partial charge in [0.2, 0.25) is 5.36 Å². The topological polar surface area (TPSA) is 336 Å². The van der Waals surface area contributed by atoms with E-state index in [1.165, 1.54) is 23.0 Å². The summed E-state index contributed by atoms with van der Waals surface area (Å²) in [5.74, 6) is -1.45. The van der Waals surface area contributed by atoms with Crippen molar-refractivity contribution in [2.24, 2.45) is 0 Å². The number of carbonyl (C=O) groups is 3. The maximum Gasteiger partial charge on any atom is 0.481 e. The Morgan fingerprint density at radius 2 is 1.70 bits per heavy atom. The molecular weight excluding hydrogens is 884 g/mol. The van der Waals surface area contributed by atoms with Crippen molar-refractivity contribution in [2.45, 2.75) is 24.5 Å². The van der Waals surface area contributed by atoms with Gasteiger partial charge in [0, 0.05) is 67.1 Å². The number of nitrogens with two attached hydrogens (primary N) is 1. The van der Waals surface area contributed by atoms with Crippen LogP contribution < -0.4 is 31.2 Å². The van der Waals surface area contributed by atoms with Gasteiger partial charge in [-0.05, 0) is 35.9 Å². The van der Waals surface area contributed by atoms with E-state index >= 15 is 0 Å². The first-order valence-corrected chi connectivity index (χ1v) is 22.0. The summed E-state index contributed by atoms with van der Waals surface area (Å²) in [5.41, 5.74) is 8.90. The number of fused-ring (bicyclic) bond motifs is 3. The zero-order valence-electron chi connectivity index (χ0n) is 34.3. The smallest absolute Gasteiger partial charge is 0.478 e. The van der Waals surface area contributed by atoms with Gasteiger partial charge in [0.25, 0.3) is 5.91 Å². The molecule has 1 aliphatic carbocycles. The number of nitrogens with zero attached hydrogens (tertiary/aromatic N) is 6. The molecule has 1 saturated heterocycles. The zero-order chi connectivity index (χ0) is 46.2. The molecule has 0 saturated carbocycles. The molecule has 1 fully saturated rings. The summed E-state index contributed by atoms with van der Waals surface area (Å²) >= 11 is 0. The van der Waals surface area contributed by atoms with Crippen molar-refractivity contribution in [1.29, 1.82) is 0 Å². The van der Waals surface area contributed by atoms with Gasteiger partial charge in [0.1, 0.15) is 49.5 Å². The summed E-state index contributed by atoms with van der Waals surface area (Å²) in [6.45, 7) is -1.43. The van der Waals surface area contributed by atoms with E-state index in [1.807, 2.05) is 74.1 Å². The maximum absolute atomic E-state index is 13.3. The monoisotopic (exact) mass is 926 g/mol. The Bertz CT molecular complexity index is 2930. The highest BCUT2D eigenvalue weighted by atomic mass is 31.3. The second-order valence-corrected chi connectivity index (χ2v) is 17.5. The minimum absolute atomic E-state index is 0.00496. The van der Waals surface area contributed by atoms with Crippen molar-refractivity contribution < 1.29 is 71.1 Å². The molecule has 26 heteroatoms. The number of anilines is 2. The average Bonchev–Trinajstić information content (AvgIpc) is 3.79. The molecule has 2 aromatic heterocycles. The van der Waals surface area contributed by atoms with Crippen LogP contribution in [0.15, 0.2) is 71.7 Å². The van der Waals surface area contributed by atoms with Gasteiger partial charge in [-0.3, -0.25) is 13.9 Å². The van der Waals surface area contributed by atoms with Crippen LogP contribution in [-0.4, -0.2) is 129 Å². The number of ether oxygens (including phenoxy) is 2. The molecule has 0 bridgehead atoms. The van der Waals surface area contributed by atoms with Crippen molar-refractivity contribution in [3.05, 3.63) is 83.7 Å². The van der Waals surface area contributed by atoms with E-state index in [-0.39, 0.29) is 41.2 Å². The fraction of sp³-hybridized carbons (Fsp3) is 0.289. The Morgan fingerprint density at radius 1 is 0.969 bits per heavy atom. The van der Waals surface area contributed by atoms with E-state index < -0.39 is 64.8 Å². The number of imidazole rings is 1. The molecule has 338 valence electrons. The van der Waals surface area contributed by atoms with Crippen molar-refractivity contribution in [3.63, 3.8) is 0 Å². The summed E-state index contributed by atoms with van der Waals surface area (Å²) in [6, 6.07) is 15.5. The number of hydrogen-bond donors (Lipinski definition) is 8. The second kappa shape index (κ2) is 18.0. The Morgan fingerprint density at radius 3 is 2.41 bits per heavy atom. The molecule has 2 aliphatic heterocycles. The zero-order valence-corrected chi connectivity index (χ0v) is 36.0. The van der Waals surface area contributed by atoms with Gasteiger partial charge in [-0.25, -0.2) is 38.2 Å². The highest BCUT2D eigenvalue weighted by molar-refractivity contribution is 7.60. The highest BCUT2D eigenvalue weighted by Gasteiger charge is 2.49. The molecule has 1 unspecified atom stereocenters. The Hall–Kier alpha value is -6.33. The molecule has 3 aliphatic rings. The summed E-state index contributed by atoms with van der Waals surface area (Å²) in [4.78, 5) is 80.9. The number of aliphatic hydroxyl groups excluding tert-OH is 1. The van der Waals surface area contributed by atoms with Crippen LogP contribution in [0.5, 0.6) is 0 Å². The fourth-order valence-corrected chi connectivity index (χ4v) is 8.61. The number of aliphatic hydroxyl groups is 1. The lowest BCUT2D eigenvalue weighted by Gasteiger charge is -2.21. The summed E-state index contributed by atoms with van der Waals surface area (Å²) < 4.78 is 52.6. The third-order valence-electron chi connectivity index (χ3n) is 10.0. The van der Waals surface area contributed by atoms with Crippen LogP contribution in [0.4, 0.5) is 16.3 Å². The standard InChI is InChI=1S/C38H41N9O15P2/c1-45(2)20-6-9-23-26(14-20)59-27-15-21(46(3)4)7-10-24(27)29(23)22-8-5-19(13-25(22)37(50)51)35(49)40-11-12-41-38(52)61-32-28(16-58-64(56,57)62-63(53,54)55)60-36(31(32)48)47-18-44-30-33(39)42-17-43-34(30)47/h5-10,13-15,17-18,28,31-32,36,48H,11-12,16H2,1-4H3,(H7-,39,40,41,42,43,49,50,51,52,53,54,55,56,57)/p+1/t28-,31-,32-,36-/m1/s1. The minimum atomic E-state index is -5.50. The number of aromatic nitrogens is 4. The van der Waals surface area contributed by atoms with E-state index in [0.717, 1.165) is 17.4 Å². The SMILES string of the molecule is CN(C)c1ccc2c(-c3ccc(C(=O)NCCNC(=O)O[C@H]4[C@@H](O)[C@H](n5cnc6c(N)ncnc65)O[C@@H]4COP(=O)(O)OP(=O)(O)O)cc3C(=O)O)c3ccc(=[N+](C)C)cc-3oc2c1. The molecular formula is C38H42N9O15P2+. The van der Waals surface area contributed by atoms with Gasteiger partial charge in [0.15, 0.2) is 23.8 Å². The Labute approximate surface area is 361 Å². The van der Waals surface area contributed by atoms with Gasteiger partial charge in [-0.2, -0.15) is 4.31 Å². The third kappa shape index (κ3) is 9.74. The number of rotatable bonds is 14. The summed E-state index contributed by atoms with van der Waals surface area (Å²) in [7, 11) is -3.34. The first-order valence-electron chi connectivity index (χ1n) is 19.0. The molecule has 24 nitrogen and oxygen atoms in total. The number of phosphoric ester groups is 1. The molecule has 0 spiro atoms. The molecule has 2 aromatic carbocycles. The van der Waals surface area contributed by atoms with Crippen molar-refractivity contribution >= 4 is 67.3 Å². The van der Waals surface area contributed by atoms with Crippen LogP contribution in [0.25, 0.3) is 44.6 Å². The number of carbonyl (C=O) groups excluding carboxylic acids is 2. The molecule has 9 N–H and O–H groups in total. The van der Waals surface area contributed by atoms with E-state index in [0.29, 0.717) is 33.4 Å². The van der Waals surface area contributed by atoms with Gasteiger partial charge in [0.05, 0.1) is 24.6 Å². The number of benzene rings is 3. The molecule has 2 amide bonds. The van der Waals surface area contributed by atoms with E-state index in [1.54, 1.807) is 6.07 Å². The maximum atomic E-state index is 13.3. The van der Waals surface area contributed by atoms with Gasteiger partial charge in [-0.15, -0.1) is 0 Å². The molecule has 4 aromatic rings. The number of alkyl carbamates (subject to hydrolysis) is 1. The number of carboxylic acids is 1. The number of phosphoric acid groups is 2. The number of carboxylic acid groups (broad SMARTS) is 1. The van der Waals surface area contributed by atoms with Crippen LogP contribution in [0, 0.1) is 0 Å². The number of hydrogen-bond acceptors (Lipinski definition) is 16. The van der Waals surface area contributed by atoms with Crippen molar-refractivity contribution in [1.82, 2.24) is 34.7 Å². The molecule has 5 atom stereocenters. The summed E-state index contributed by atoms with van der Waals surface area (Å²) in [6.07, 6.45) is -5.21. The van der Waals surface area contributed by atoms with Crippen molar-refractivity contribution in [2.75, 3.05) is 58.5 Å². The van der Waals surface area contributed by atoms with Gasteiger partial charge in [-0.1, -0.05) is 6.07 Å².